The summed E-state index contributed by atoms with van der Waals surface area (Å²) in [4.78, 5) is 11.6. The molecule has 1 atom stereocenters. The third-order valence-corrected chi connectivity index (χ3v) is 2.88. The van der Waals surface area contributed by atoms with Gasteiger partial charge < -0.3 is 11.1 Å². The van der Waals surface area contributed by atoms with E-state index in [0.29, 0.717) is 6.54 Å². The number of rotatable bonds is 6. The first-order valence-electron chi connectivity index (χ1n) is 6.04. The quantitative estimate of drug-likeness (QED) is 0.639. The van der Waals surface area contributed by atoms with E-state index in [1.165, 1.54) is 5.56 Å². The van der Waals surface area contributed by atoms with Gasteiger partial charge in [-0.05, 0) is 31.2 Å². The number of nitrogens with one attached hydrogen (secondary N) is 2. The summed E-state index contributed by atoms with van der Waals surface area (Å²) in [6, 6.07) is -0.411. The van der Waals surface area contributed by atoms with E-state index >= 15 is 0 Å². The van der Waals surface area contributed by atoms with E-state index in [4.69, 9.17) is 5.73 Å². The first-order chi connectivity index (χ1) is 8.02. The van der Waals surface area contributed by atoms with Gasteiger partial charge in [0.05, 0.1) is 12.2 Å². The molecule has 0 saturated heterocycles. The van der Waals surface area contributed by atoms with Crippen LogP contribution in [-0.2, 0) is 11.2 Å². The summed E-state index contributed by atoms with van der Waals surface area (Å²) in [5, 5.41) is 9.70. The molecular formula is C12H22N4O. The van der Waals surface area contributed by atoms with Crippen LogP contribution < -0.4 is 11.1 Å². The predicted molar refractivity (Wildman–Crippen MR) is 67.5 cm³/mol. The highest BCUT2D eigenvalue weighted by atomic mass is 16.2. The Morgan fingerprint density at radius 3 is 2.82 bits per heavy atom. The summed E-state index contributed by atoms with van der Waals surface area (Å²) in [7, 11) is 0. The number of hydrogen-bond acceptors (Lipinski definition) is 3. The lowest BCUT2D eigenvalue weighted by atomic mass is 10.0. The van der Waals surface area contributed by atoms with Crippen molar-refractivity contribution >= 4 is 5.91 Å². The maximum atomic E-state index is 11.6. The predicted octanol–water partition coefficient (Wildman–Crippen LogP) is 0.750. The van der Waals surface area contributed by atoms with E-state index in [1.807, 2.05) is 27.0 Å². The van der Waals surface area contributed by atoms with E-state index in [2.05, 4.69) is 15.5 Å². The lowest BCUT2D eigenvalue weighted by Crippen LogP contribution is -2.44. The molecule has 0 aromatic carbocycles. The Balaban J connectivity index is 2.21. The third-order valence-electron chi connectivity index (χ3n) is 2.88. The van der Waals surface area contributed by atoms with Crippen molar-refractivity contribution in [1.29, 1.82) is 0 Å². The Morgan fingerprint density at radius 1 is 1.59 bits per heavy atom. The number of H-pyrrole nitrogens is 1. The molecule has 0 aliphatic carbocycles. The minimum Gasteiger partial charge on any atom is -0.355 e. The molecule has 0 spiro atoms. The SMILES string of the molecule is Cc1[nH]ncc1CCCNC(=O)C(N)C(C)C. The molecule has 1 rings (SSSR count). The van der Waals surface area contributed by atoms with Gasteiger partial charge in [-0.2, -0.15) is 5.10 Å². The van der Waals surface area contributed by atoms with Crippen molar-refractivity contribution in [2.75, 3.05) is 6.54 Å². The maximum absolute atomic E-state index is 11.6. The van der Waals surface area contributed by atoms with Gasteiger partial charge in [0.1, 0.15) is 0 Å². The number of aryl methyl sites for hydroxylation is 2. The molecule has 1 heterocycles. The number of hydrogen-bond donors (Lipinski definition) is 3. The second-order valence-electron chi connectivity index (χ2n) is 4.68. The lowest BCUT2D eigenvalue weighted by Gasteiger charge is -2.15. The molecule has 4 N–H and O–H groups in total. The Labute approximate surface area is 102 Å². The second kappa shape index (κ2) is 6.39. The molecule has 0 aliphatic heterocycles. The number of aromatic nitrogens is 2. The number of nitrogens with zero attached hydrogens (tertiary/aromatic N) is 1. The summed E-state index contributed by atoms with van der Waals surface area (Å²) in [6.07, 6.45) is 3.65. The van der Waals surface area contributed by atoms with Crippen LogP contribution in [0.25, 0.3) is 0 Å². The van der Waals surface area contributed by atoms with Crippen LogP contribution in [0.4, 0.5) is 0 Å². The molecule has 96 valence electrons. The Bertz CT molecular complexity index is 359. The first-order valence-corrected chi connectivity index (χ1v) is 6.04. The zero-order valence-corrected chi connectivity index (χ0v) is 10.8. The average molecular weight is 238 g/mol. The fraction of sp³-hybridized carbons (Fsp3) is 0.667. The van der Waals surface area contributed by atoms with Crippen molar-refractivity contribution in [3.8, 4) is 0 Å². The molecule has 1 unspecified atom stereocenters. The fourth-order valence-electron chi connectivity index (χ4n) is 1.54. The first kappa shape index (κ1) is 13.7. The van der Waals surface area contributed by atoms with Gasteiger partial charge >= 0.3 is 0 Å². The van der Waals surface area contributed by atoms with E-state index in [-0.39, 0.29) is 11.8 Å². The minimum absolute atomic E-state index is 0.0658. The van der Waals surface area contributed by atoms with Crippen molar-refractivity contribution in [1.82, 2.24) is 15.5 Å². The van der Waals surface area contributed by atoms with Gasteiger partial charge in [-0.3, -0.25) is 9.89 Å². The largest absolute Gasteiger partial charge is 0.355 e. The molecule has 1 aromatic heterocycles. The van der Waals surface area contributed by atoms with Gasteiger partial charge in [-0.15, -0.1) is 0 Å². The zero-order valence-electron chi connectivity index (χ0n) is 10.8. The van der Waals surface area contributed by atoms with E-state index < -0.39 is 6.04 Å². The molecule has 17 heavy (non-hydrogen) atoms. The number of aromatic amines is 1. The van der Waals surface area contributed by atoms with E-state index in [1.54, 1.807) is 0 Å². The van der Waals surface area contributed by atoms with Crippen LogP contribution in [0.1, 0.15) is 31.5 Å². The second-order valence-corrected chi connectivity index (χ2v) is 4.68. The molecule has 5 heteroatoms. The van der Waals surface area contributed by atoms with Crippen LogP contribution in [0.15, 0.2) is 6.20 Å². The van der Waals surface area contributed by atoms with Crippen LogP contribution in [0.2, 0.25) is 0 Å². The highest BCUT2D eigenvalue weighted by molar-refractivity contribution is 5.81. The fourth-order valence-corrected chi connectivity index (χ4v) is 1.54. The van der Waals surface area contributed by atoms with Gasteiger partial charge in [0.15, 0.2) is 0 Å². The molecule has 5 nitrogen and oxygen atoms in total. The normalized spacial score (nSPS) is 12.8. The Morgan fingerprint density at radius 2 is 2.29 bits per heavy atom. The van der Waals surface area contributed by atoms with Crippen molar-refractivity contribution in [3.63, 3.8) is 0 Å². The molecule has 0 fully saturated rings. The maximum Gasteiger partial charge on any atom is 0.237 e. The van der Waals surface area contributed by atoms with Crippen LogP contribution in [0, 0.1) is 12.8 Å². The molecule has 0 bridgehead atoms. The average Bonchev–Trinajstić information content (AvgIpc) is 2.69. The van der Waals surface area contributed by atoms with Crippen LogP contribution in [-0.4, -0.2) is 28.7 Å². The summed E-state index contributed by atoms with van der Waals surface area (Å²) < 4.78 is 0. The standard InChI is InChI=1S/C12H22N4O/c1-8(2)11(13)12(17)14-6-4-5-10-7-15-16-9(10)3/h7-8,11H,4-6,13H2,1-3H3,(H,14,17)(H,15,16). The van der Waals surface area contributed by atoms with Gasteiger partial charge in [0.25, 0.3) is 0 Å². The molecule has 1 amide bonds. The summed E-state index contributed by atoms with van der Waals surface area (Å²) >= 11 is 0. The minimum atomic E-state index is -0.411. The number of amides is 1. The van der Waals surface area contributed by atoms with Gasteiger partial charge in [0.2, 0.25) is 5.91 Å². The summed E-state index contributed by atoms with van der Waals surface area (Å²) in [5.74, 6) is 0.107. The van der Waals surface area contributed by atoms with Crippen molar-refractivity contribution < 1.29 is 4.79 Å². The monoisotopic (exact) mass is 238 g/mol. The highest BCUT2D eigenvalue weighted by Crippen LogP contribution is 2.05. The van der Waals surface area contributed by atoms with Gasteiger partial charge in [-0.25, -0.2) is 0 Å². The van der Waals surface area contributed by atoms with Crippen LogP contribution in [0.3, 0.4) is 0 Å². The van der Waals surface area contributed by atoms with Crippen molar-refractivity contribution in [2.45, 2.75) is 39.7 Å². The summed E-state index contributed by atoms with van der Waals surface area (Å²) in [5.41, 5.74) is 8.03. The van der Waals surface area contributed by atoms with Gasteiger partial charge in [0, 0.05) is 12.2 Å². The van der Waals surface area contributed by atoms with E-state index in [9.17, 15) is 4.79 Å². The van der Waals surface area contributed by atoms with Gasteiger partial charge in [-0.1, -0.05) is 13.8 Å². The number of nitrogens with two attached hydrogens (primary N) is 1. The summed E-state index contributed by atoms with van der Waals surface area (Å²) in [6.45, 7) is 6.54. The molecule has 0 radical (unpaired) electrons. The molecule has 0 aliphatic rings. The number of carbonyl (C=O) groups is 1. The molecular weight excluding hydrogens is 216 g/mol. The third kappa shape index (κ3) is 4.19. The Kier molecular flexibility index (Phi) is 5.15. The van der Waals surface area contributed by atoms with Crippen molar-refractivity contribution in [3.05, 3.63) is 17.5 Å². The van der Waals surface area contributed by atoms with Crippen molar-refractivity contribution in [2.24, 2.45) is 11.7 Å². The van der Waals surface area contributed by atoms with Crippen LogP contribution in [0.5, 0.6) is 0 Å². The van der Waals surface area contributed by atoms with Crippen LogP contribution >= 0.6 is 0 Å². The Hall–Kier alpha value is -1.36. The zero-order chi connectivity index (χ0) is 12.8. The molecule has 0 saturated carbocycles. The lowest BCUT2D eigenvalue weighted by molar-refractivity contribution is -0.123. The smallest absolute Gasteiger partial charge is 0.237 e. The number of carbonyl (C=O) groups excluding carboxylic acids is 1. The molecule has 1 aromatic rings. The topological polar surface area (TPSA) is 83.8 Å². The highest BCUT2D eigenvalue weighted by Gasteiger charge is 2.16. The van der Waals surface area contributed by atoms with E-state index in [0.717, 1.165) is 18.5 Å².